The topological polar surface area (TPSA) is 55.2 Å². The van der Waals surface area contributed by atoms with Gasteiger partial charge in [0.1, 0.15) is 11.6 Å². The van der Waals surface area contributed by atoms with E-state index in [1.807, 2.05) is 17.9 Å². The maximum absolute atomic E-state index is 13.8. The van der Waals surface area contributed by atoms with Crippen LogP contribution in [0.3, 0.4) is 0 Å². The Labute approximate surface area is 191 Å². The summed E-state index contributed by atoms with van der Waals surface area (Å²) in [5.41, 5.74) is 0.718. The van der Waals surface area contributed by atoms with Crippen molar-refractivity contribution in [3.63, 3.8) is 0 Å². The Morgan fingerprint density at radius 1 is 1.28 bits per heavy atom. The quantitative estimate of drug-likeness (QED) is 0.461. The number of carbonyl (C=O) groups is 1. The molecule has 0 saturated heterocycles. The summed E-state index contributed by atoms with van der Waals surface area (Å²) >= 11 is 6.04. The van der Waals surface area contributed by atoms with E-state index in [1.54, 1.807) is 18.2 Å². The Morgan fingerprint density at radius 2 is 2.03 bits per heavy atom. The Hall–Kier alpha value is -2.73. The van der Waals surface area contributed by atoms with Gasteiger partial charge in [-0.15, -0.1) is 0 Å². The molecule has 7 heteroatoms. The molecule has 1 atom stereocenters. The van der Waals surface area contributed by atoms with E-state index in [4.69, 9.17) is 16.6 Å². The van der Waals surface area contributed by atoms with Crippen LogP contribution in [0.1, 0.15) is 57.8 Å². The number of nitrogens with zero attached hydrogens (tertiary/aromatic N) is 3. The van der Waals surface area contributed by atoms with Crippen LogP contribution in [0.4, 0.5) is 4.39 Å². The summed E-state index contributed by atoms with van der Waals surface area (Å²) in [6.45, 7) is 4.59. The van der Waals surface area contributed by atoms with Gasteiger partial charge in [-0.1, -0.05) is 43.5 Å². The van der Waals surface area contributed by atoms with Gasteiger partial charge in [0, 0.05) is 12.5 Å². The predicted octanol–water partition coefficient (Wildman–Crippen LogP) is 5.67. The maximum Gasteiger partial charge on any atom is 0.266 e. The number of aromatic nitrogens is 2. The van der Waals surface area contributed by atoms with Gasteiger partial charge in [-0.3, -0.25) is 14.2 Å². The molecule has 3 aromatic rings. The third-order valence-corrected chi connectivity index (χ3v) is 6.58. The van der Waals surface area contributed by atoms with Crippen LogP contribution in [-0.2, 0) is 4.79 Å². The van der Waals surface area contributed by atoms with E-state index < -0.39 is 11.9 Å². The van der Waals surface area contributed by atoms with Crippen LogP contribution in [0.2, 0.25) is 5.02 Å². The molecule has 1 saturated carbocycles. The number of para-hydroxylation sites is 1. The Balaban J connectivity index is 1.89. The molecule has 32 heavy (non-hydrogen) atoms. The number of amides is 1. The minimum absolute atomic E-state index is 0.0372. The third kappa shape index (κ3) is 4.16. The molecular formula is C25H27ClFN3O2. The lowest BCUT2D eigenvalue weighted by atomic mass is 9.84. The summed E-state index contributed by atoms with van der Waals surface area (Å²) in [5, 5.41) is 0.379. The van der Waals surface area contributed by atoms with E-state index in [0.29, 0.717) is 29.0 Å². The molecule has 1 fully saturated rings. The molecule has 0 N–H and O–H groups in total. The van der Waals surface area contributed by atoms with E-state index in [2.05, 4.69) is 6.92 Å². The SMILES string of the molecule is CCCCN(C(=O)C1CCC1)C(C)c1nc2ccccc2c(=O)n1-c1ccc(F)c(Cl)c1. The van der Waals surface area contributed by atoms with Crippen molar-refractivity contribution >= 4 is 28.4 Å². The van der Waals surface area contributed by atoms with Crippen molar-refractivity contribution in [1.29, 1.82) is 0 Å². The zero-order chi connectivity index (χ0) is 22.8. The predicted molar refractivity (Wildman–Crippen MR) is 125 cm³/mol. The molecule has 1 unspecified atom stereocenters. The van der Waals surface area contributed by atoms with Crippen molar-refractivity contribution in [1.82, 2.24) is 14.5 Å². The molecule has 4 rings (SSSR count). The van der Waals surface area contributed by atoms with Crippen LogP contribution < -0.4 is 5.56 Å². The molecule has 2 aromatic carbocycles. The molecule has 0 bridgehead atoms. The fourth-order valence-corrected chi connectivity index (χ4v) is 4.33. The van der Waals surface area contributed by atoms with Gasteiger partial charge >= 0.3 is 0 Å². The van der Waals surface area contributed by atoms with Crippen molar-refractivity contribution in [2.24, 2.45) is 5.92 Å². The number of unbranched alkanes of at least 4 members (excludes halogenated alkanes) is 1. The van der Waals surface area contributed by atoms with Gasteiger partial charge in [0.2, 0.25) is 5.91 Å². The van der Waals surface area contributed by atoms with Crippen LogP contribution in [0, 0.1) is 11.7 Å². The van der Waals surface area contributed by atoms with Crippen LogP contribution in [-0.4, -0.2) is 26.9 Å². The number of benzene rings is 2. The molecule has 0 spiro atoms. The fraction of sp³-hybridized carbons (Fsp3) is 0.400. The first kappa shape index (κ1) is 22.5. The number of hydrogen-bond donors (Lipinski definition) is 0. The summed E-state index contributed by atoms with van der Waals surface area (Å²) in [5.74, 6) is 0.0372. The number of hydrogen-bond acceptors (Lipinski definition) is 3. The van der Waals surface area contributed by atoms with Crippen LogP contribution in [0.5, 0.6) is 0 Å². The average Bonchev–Trinajstić information content (AvgIpc) is 2.74. The molecule has 1 aliphatic carbocycles. The second kappa shape index (κ2) is 9.41. The molecule has 168 valence electrons. The number of fused-ring (bicyclic) bond motifs is 1. The van der Waals surface area contributed by atoms with Crippen LogP contribution in [0.25, 0.3) is 16.6 Å². The van der Waals surface area contributed by atoms with Gasteiger partial charge in [0.25, 0.3) is 5.56 Å². The highest BCUT2D eigenvalue weighted by atomic mass is 35.5. The fourth-order valence-electron chi connectivity index (χ4n) is 4.16. The Kier molecular flexibility index (Phi) is 6.60. The van der Waals surface area contributed by atoms with Gasteiger partial charge < -0.3 is 4.90 Å². The normalized spacial score (nSPS) is 14.9. The van der Waals surface area contributed by atoms with E-state index in [0.717, 1.165) is 32.1 Å². The van der Waals surface area contributed by atoms with Crippen molar-refractivity contribution in [2.75, 3.05) is 6.54 Å². The molecule has 1 aromatic heterocycles. The molecule has 1 amide bonds. The average molecular weight is 456 g/mol. The number of halogens is 2. The molecule has 1 heterocycles. The van der Waals surface area contributed by atoms with E-state index in [1.165, 1.54) is 22.8 Å². The first-order valence-electron chi connectivity index (χ1n) is 11.2. The Morgan fingerprint density at radius 3 is 2.69 bits per heavy atom. The zero-order valence-electron chi connectivity index (χ0n) is 18.4. The first-order chi connectivity index (χ1) is 15.4. The summed E-state index contributed by atoms with van der Waals surface area (Å²) in [6, 6.07) is 10.9. The Bertz CT molecular complexity index is 1210. The van der Waals surface area contributed by atoms with Gasteiger partial charge in [-0.25, -0.2) is 9.37 Å². The number of carbonyl (C=O) groups excluding carboxylic acids is 1. The lowest BCUT2D eigenvalue weighted by Crippen LogP contribution is -2.42. The lowest BCUT2D eigenvalue weighted by Gasteiger charge is -2.36. The maximum atomic E-state index is 13.8. The van der Waals surface area contributed by atoms with Crippen LogP contribution in [0.15, 0.2) is 47.3 Å². The minimum Gasteiger partial charge on any atom is -0.333 e. The second-order valence-corrected chi connectivity index (χ2v) is 8.82. The molecule has 0 radical (unpaired) electrons. The largest absolute Gasteiger partial charge is 0.333 e. The number of rotatable bonds is 7. The van der Waals surface area contributed by atoms with Crippen molar-refractivity contribution < 1.29 is 9.18 Å². The van der Waals surface area contributed by atoms with Crippen LogP contribution >= 0.6 is 11.6 Å². The summed E-state index contributed by atoms with van der Waals surface area (Å²) in [4.78, 5) is 33.5. The molecule has 5 nitrogen and oxygen atoms in total. The van der Waals surface area contributed by atoms with Crippen molar-refractivity contribution in [2.45, 2.75) is 52.0 Å². The van der Waals surface area contributed by atoms with Crippen molar-refractivity contribution in [3.8, 4) is 5.69 Å². The van der Waals surface area contributed by atoms with Gasteiger partial charge in [0.05, 0.1) is 27.7 Å². The highest BCUT2D eigenvalue weighted by Gasteiger charge is 2.33. The lowest BCUT2D eigenvalue weighted by molar-refractivity contribution is -0.140. The minimum atomic E-state index is -0.559. The summed E-state index contributed by atoms with van der Waals surface area (Å²) in [7, 11) is 0. The van der Waals surface area contributed by atoms with E-state index in [-0.39, 0.29) is 22.4 Å². The van der Waals surface area contributed by atoms with E-state index >= 15 is 0 Å². The van der Waals surface area contributed by atoms with Crippen molar-refractivity contribution in [3.05, 3.63) is 69.5 Å². The first-order valence-corrected chi connectivity index (χ1v) is 11.6. The monoisotopic (exact) mass is 455 g/mol. The van der Waals surface area contributed by atoms with Gasteiger partial charge in [-0.05, 0) is 56.5 Å². The van der Waals surface area contributed by atoms with Gasteiger partial charge in [0.15, 0.2) is 0 Å². The molecule has 0 aliphatic heterocycles. The van der Waals surface area contributed by atoms with Gasteiger partial charge in [-0.2, -0.15) is 0 Å². The zero-order valence-corrected chi connectivity index (χ0v) is 19.1. The summed E-state index contributed by atoms with van der Waals surface area (Å²) < 4.78 is 15.3. The second-order valence-electron chi connectivity index (χ2n) is 8.42. The third-order valence-electron chi connectivity index (χ3n) is 6.29. The summed E-state index contributed by atoms with van der Waals surface area (Å²) in [6.07, 6.45) is 4.69. The highest BCUT2D eigenvalue weighted by Crippen LogP contribution is 2.32. The smallest absolute Gasteiger partial charge is 0.266 e. The molecule has 1 aliphatic rings. The highest BCUT2D eigenvalue weighted by molar-refractivity contribution is 6.30. The molecular weight excluding hydrogens is 429 g/mol. The van der Waals surface area contributed by atoms with E-state index in [9.17, 15) is 14.0 Å². The standard InChI is InChI=1S/C25H27ClFN3O2/c1-3-4-14-29(24(31)17-8-7-9-17)16(2)23-28-22-11-6-5-10-19(22)25(32)30(23)18-12-13-21(27)20(26)15-18/h5-6,10-13,15-17H,3-4,7-9,14H2,1-2H3.